The van der Waals surface area contributed by atoms with Crippen LogP contribution < -0.4 is 0 Å². The second-order valence-corrected chi connectivity index (χ2v) is 7.76. The van der Waals surface area contributed by atoms with Gasteiger partial charge in [0.15, 0.2) is 0 Å². The summed E-state index contributed by atoms with van der Waals surface area (Å²) in [6.07, 6.45) is 1.44. The highest BCUT2D eigenvalue weighted by Gasteiger charge is 2.42. The van der Waals surface area contributed by atoms with E-state index in [0.29, 0.717) is 5.69 Å². The monoisotopic (exact) mass is 302 g/mol. The topological polar surface area (TPSA) is 116 Å². The lowest BCUT2D eigenvalue weighted by atomic mass is 9.91. The van der Waals surface area contributed by atoms with Gasteiger partial charge < -0.3 is 5.11 Å². The van der Waals surface area contributed by atoms with Crippen LogP contribution in [-0.4, -0.2) is 57.5 Å². The van der Waals surface area contributed by atoms with Crippen molar-refractivity contribution in [1.82, 2.24) is 19.7 Å². The zero-order chi connectivity index (χ0) is 14.9. The third-order valence-corrected chi connectivity index (χ3v) is 5.82. The molecule has 0 aromatic carbocycles. The molecule has 1 aliphatic heterocycles. The number of H-pyrrole nitrogens is 1. The van der Waals surface area contributed by atoms with E-state index in [1.54, 1.807) is 13.8 Å². The van der Waals surface area contributed by atoms with Crippen molar-refractivity contribution < 1.29 is 18.3 Å². The van der Waals surface area contributed by atoms with Crippen LogP contribution in [0.25, 0.3) is 0 Å². The van der Waals surface area contributed by atoms with Crippen molar-refractivity contribution in [1.29, 1.82) is 0 Å². The van der Waals surface area contributed by atoms with E-state index in [1.165, 1.54) is 10.5 Å². The summed E-state index contributed by atoms with van der Waals surface area (Å²) < 4.78 is 25.8. The van der Waals surface area contributed by atoms with Crippen LogP contribution >= 0.6 is 0 Å². The van der Waals surface area contributed by atoms with Crippen LogP contribution in [0.1, 0.15) is 31.9 Å². The zero-order valence-electron chi connectivity index (χ0n) is 11.4. The molecular formula is C11H18N4O4S. The van der Waals surface area contributed by atoms with Gasteiger partial charge >= 0.3 is 5.97 Å². The molecule has 8 nitrogen and oxygen atoms in total. The van der Waals surface area contributed by atoms with Gasteiger partial charge in [0, 0.05) is 19.0 Å². The molecule has 0 radical (unpaired) electrons. The predicted octanol–water partition coefficient (Wildman–Crippen LogP) is 0.0330. The van der Waals surface area contributed by atoms with E-state index < -0.39 is 21.2 Å². The molecule has 0 spiro atoms. The third kappa shape index (κ3) is 2.83. The van der Waals surface area contributed by atoms with Gasteiger partial charge in [-0.2, -0.15) is 15.4 Å². The lowest BCUT2D eigenvalue weighted by Crippen LogP contribution is -2.34. The molecule has 1 aromatic heterocycles. The molecule has 2 rings (SSSR count). The Balaban J connectivity index is 2.25. The molecule has 1 fully saturated rings. The van der Waals surface area contributed by atoms with E-state index in [2.05, 4.69) is 15.4 Å². The minimum Gasteiger partial charge on any atom is -0.481 e. The highest BCUT2D eigenvalue weighted by Crippen LogP contribution is 2.35. The van der Waals surface area contributed by atoms with Crippen molar-refractivity contribution >= 4 is 16.0 Å². The molecule has 1 saturated heterocycles. The van der Waals surface area contributed by atoms with Crippen LogP contribution in [0.15, 0.2) is 6.20 Å². The fraction of sp³-hybridized carbons (Fsp3) is 0.727. The molecule has 20 heavy (non-hydrogen) atoms. The number of aromatic nitrogens is 3. The summed E-state index contributed by atoms with van der Waals surface area (Å²) in [7, 11) is -3.39. The van der Waals surface area contributed by atoms with E-state index >= 15 is 0 Å². The maximum atomic E-state index is 12.2. The summed E-state index contributed by atoms with van der Waals surface area (Å²) in [6, 6.07) is 0. The van der Waals surface area contributed by atoms with Crippen LogP contribution in [0.5, 0.6) is 0 Å². The quantitative estimate of drug-likeness (QED) is 0.793. The van der Waals surface area contributed by atoms with Crippen LogP contribution in [0.2, 0.25) is 0 Å². The number of hydrogen-bond donors (Lipinski definition) is 2. The maximum Gasteiger partial charge on any atom is 0.303 e. The summed E-state index contributed by atoms with van der Waals surface area (Å²) >= 11 is 0. The van der Waals surface area contributed by atoms with Crippen molar-refractivity contribution in [2.75, 3.05) is 13.1 Å². The van der Waals surface area contributed by atoms with Gasteiger partial charge in [-0.25, -0.2) is 12.7 Å². The van der Waals surface area contributed by atoms with Crippen molar-refractivity contribution in [3.8, 4) is 0 Å². The number of nitrogens with one attached hydrogen (secondary N) is 1. The molecule has 2 heterocycles. The van der Waals surface area contributed by atoms with Crippen LogP contribution in [0, 0.1) is 5.92 Å². The Hall–Kier alpha value is -1.48. The van der Waals surface area contributed by atoms with Crippen molar-refractivity contribution in [3.05, 3.63) is 11.9 Å². The minimum atomic E-state index is -3.39. The lowest BCUT2D eigenvalue weighted by molar-refractivity contribution is -0.138. The van der Waals surface area contributed by atoms with Crippen molar-refractivity contribution in [3.63, 3.8) is 0 Å². The van der Waals surface area contributed by atoms with Gasteiger partial charge in [-0.15, -0.1) is 0 Å². The number of nitrogens with zero attached hydrogens (tertiary/aromatic N) is 3. The molecule has 0 saturated carbocycles. The average molecular weight is 302 g/mol. The molecule has 0 unspecified atom stereocenters. The molecule has 0 bridgehead atoms. The standard InChI is InChI=1S/C11H18N4O4S/c1-7(2)20(18,19)15-5-8(3-11(16)17)9(6-15)10-4-12-14-13-10/h4,7-9H,3,5-6H2,1-2H3,(H,16,17)(H,12,13,14)/t8-,9+/m1/s1. The Bertz CT molecular complexity index is 569. The summed E-state index contributed by atoms with van der Waals surface area (Å²) in [6.45, 7) is 3.70. The number of hydrogen-bond acceptors (Lipinski definition) is 5. The first-order valence-electron chi connectivity index (χ1n) is 6.38. The van der Waals surface area contributed by atoms with Gasteiger partial charge in [-0.05, 0) is 19.8 Å². The number of carboxylic acids is 1. The summed E-state index contributed by atoms with van der Waals surface area (Å²) in [5.41, 5.74) is 0.609. The highest BCUT2D eigenvalue weighted by atomic mass is 32.2. The fourth-order valence-corrected chi connectivity index (χ4v) is 3.86. The minimum absolute atomic E-state index is 0.0817. The number of carbonyl (C=O) groups is 1. The average Bonchev–Trinajstić information content (AvgIpc) is 2.95. The Morgan fingerprint density at radius 2 is 2.25 bits per heavy atom. The number of aliphatic carboxylic acids is 1. The third-order valence-electron chi connectivity index (χ3n) is 3.61. The molecular weight excluding hydrogens is 284 g/mol. The predicted molar refractivity (Wildman–Crippen MR) is 70.5 cm³/mol. The zero-order valence-corrected chi connectivity index (χ0v) is 12.2. The maximum absolute atomic E-state index is 12.2. The van der Waals surface area contributed by atoms with Gasteiger partial charge in [0.05, 0.1) is 23.6 Å². The first-order valence-corrected chi connectivity index (χ1v) is 7.89. The molecule has 1 aliphatic rings. The van der Waals surface area contributed by atoms with Gasteiger partial charge in [-0.1, -0.05) is 0 Å². The second-order valence-electron chi connectivity index (χ2n) is 5.27. The van der Waals surface area contributed by atoms with Crippen molar-refractivity contribution in [2.45, 2.75) is 31.4 Å². The molecule has 0 amide bonds. The van der Waals surface area contributed by atoms with Gasteiger partial charge in [-0.3, -0.25) is 4.79 Å². The summed E-state index contributed by atoms with van der Waals surface area (Å²) in [4.78, 5) is 10.9. The normalized spacial score (nSPS) is 24.4. The molecule has 1 aromatic rings. The molecule has 2 atom stereocenters. The van der Waals surface area contributed by atoms with Crippen molar-refractivity contribution in [2.24, 2.45) is 5.92 Å². The summed E-state index contributed by atoms with van der Waals surface area (Å²) in [5, 5.41) is 18.6. The lowest BCUT2D eigenvalue weighted by Gasteiger charge is -2.18. The Morgan fingerprint density at radius 1 is 1.55 bits per heavy atom. The fourth-order valence-electron chi connectivity index (χ4n) is 2.49. The first kappa shape index (κ1) is 14.9. The number of carboxylic acid groups (broad SMARTS) is 1. The first-order chi connectivity index (χ1) is 9.32. The van der Waals surface area contributed by atoms with Crippen LogP contribution in [-0.2, 0) is 14.8 Å². The number of aromatic amines is 1. The smallest absolute Gasteiger partial charge is 0.303 e. The van der Waals surface area contributed by atoms with Gasteiger partial charge in [0.25, 0.3) is 0 Å². The SMILES string of the molecule is CC(C)S(=O)(=O)N1C[C@@H](CC(=O)O)[C@@H](c2cn[nH]n2)C1. The Labute approximate surface area is 117 Å². The molecule has 9 heteroatoms. The number of rotatable bonds is 5. The van der Waals surface area contributed by atoms with E-state index in [-0.39, 0.29) is 31.3 Å². The van der Waals surface area contributed by atoms with E-state index in [1.807, 2.05) is 0 Å². The van der Waals surface area contributed by atoms with Gasteiger partial charge in [0.2, 0.25) is 10.0 Å². The Morgan fingerprint density at radius 3 is 2.75 bits per heavy atom. The number of sulfonamides is 1. The highest BCUT2D eigenvalue weighted by molar-refractivity contribution is 7.89. The Kier molecular flexibility index (Phi) is 4.09. The largest absolute Gasteiger partial charge is 0.481 e. The van der Waals surface area contributed by atoms with Gasteiger partial charge in [0.1, 0.15) is 0 Å². The summed E-state index contributed by atoms with van der Waals surface area (Å²) in [5.74, 6) is -1.46. The van der Waals surface area contributed by atoms with E-state index in [4.69, 9.17) is 5.11 Å². The van der Waals surface area contributed by atoms with Crippen LogP contribution in [0.4, 0.5) is 0 Å². The molecule has 2 N–H and O–H groups in total. The second kappa shape index (κ2) is 5.49. The molecule has 0 aliphatic carbocycles. The van der Waals surface area contributed by atoms with E-state index in [0.717, 1.165) is 0 Å². The molecule has 112 valence electrons. The van der Waals surface area contributed by atoms with E-state index in [9.17, 15) is 13.2 Å². The van der Waals surface area contributed by atoms with Crippen LogP contribution in [0.3, 0.4) is 0 Å².